The number of carbonyl (C=O) groups excluding carboxylic acids is 4. The molecule has 0 bridgehead atoms. The van der Waals surface area contributed by atoms with Crippen molar-refractivity contribution in [3.8, 4) is 11.5 Å². The number of fused-ring (bicyclic) bond motifs is 1. The molecule has 0 saturated carbocycles. The van der Waals surface area contributed by atoms with Gasteiger partial charge in [-0.05, 0) is 30.7 Å². The summed E-state index contributed by atoms with van der Waals surface area (Å²) in [5, 5.41) is 41.1. The molecule has 236 valence electrons. The highest BCUT2D eigenvalue weighted by molar-refractivity contribution is 8.01. The molecule has 5 rings (SSSR count). The van der Waals surface area contributed by atoms with Crippen LogP contribution in [-0.4, -0.2) is 94.6 Å². The highest BCUT2D eigenvalue weighted by Crippen LogP contribution is 2.41. The highest BCUT2D eigenvalue weighted by atomic mass is 32.2. The minimum Gasteiger partial charge on any atom is -0.504 e. The van der Waals surface area contributed by atoms with Crippen LogP contribution < -0.4 is 26.8 Å². The third-order valence-corrected chi connectivity index (χ3v) is 10.4. The summed E-state index contributed by atoms with van der Waals surface area (Å²) in [6, 6.07) is 1.24. The van der Waals surface area contributed by atoms with Gasteiger partial charge < -0.3 is 26.4 Å². The van der Waals surface area contributed by atoms with Gasteiger partial charge in [-0.3, -0.25) is 29.6 Å². The van der Waals surface area contributed by atoms with Crippen LogP contribution in [0.15, 0.2) is 39.2 Å². The number of phenolic OH excluding ortho intramolecular Hbond substituents is 2. The molecule has 17 nitrogen and oxygen atoms in total. The first-order valence-corrected chi connectivity index (χ1v) is 16.4. The maximum Gasteiger partial charge on any atom is 0.352 e. The molecular formula is C24H23N9O8S4. The Labute approximate surface area is 269 Å². The lowest BCUT2D eigenvalue weighted by Gasteiger charge is -2.49. The van der Waals surface area contributed by atoms with Gasteiger partial charge in [-0.25, -0.2) is 20.0 Å². The van der Waals surface area contributed by atoms with Crippen molar-refractivity contribution in [1.29, 1.82) is 0 Å². The number of carboxylic acids is 1. The van der Waals surface area contributed by atoms with E-state index in [2.05, 4.69) is 31.3 Å². The second kappa shape index (κ2) is 13.2. The van der Waals surface area contributed by atoms with Crippen LogP contribution in [0.1, 0.15) is 15.4 Å². The monoisotopic (exact) mass is 693 g/mol. The van der Waals surface area contributed by atoms with Crippen molar-refractivity contribution in [3.63, 3.8) is 0 Å². The minimum absolute atomic E-state index is 0.0147. The van der Waals surface area contributed by atoms with Crippen molar-refractivity contribution in [2.75, 3.05) is 28.7 Å². The summed E-state index contributed by atoms with van der Waals surface area (Å²) in [7, 11) is 0. The van der Waals surface area contributed by atoms with Gasteiger partial charge in [0.2, 0.25) is 5.91 Å². The topological polar surface area (TPSA) is 253 Å². The zero-order valence-corrected chi connectivity index (χ0v) is 26.2. The van der Waals surface area contributed by atoms with E-state index in [0.29, 0.717) is 21.4 Å². The molecule has 2 atom stereocenters. The number of nitrogens with one attached hydrogen (secondary N) is 3. The predicted octanol–water partition coefficient (Wildman–Crippen LogP) is 0.688. The quantitative estimate of drug-likeness (QED) is 0.0705. The van der Waals surface area contributed by atoms with Gasteiger partial charge in [0.15, 0.2) is 26.8 Å². The second-order valence-corrected chi connectivity index (χ2v) is 13.7. The lowest BCUT2D eigenvalue weighted by molar-refractivity contribution is -0.150. The summed E-state index contributed by atoms with van der Waals surface area (Å²) in [4.78, 5) is 69.8. The van der Waals surface area contributed by atoms with Crippen LogP contribution in [-0.2, 0) is 14.4 Å². The molecule has 2 aliphatic rings. The van der Waals surface area contributed by atoms with Crippen LogP contribution in [0.5, 0.6) is 11.5 Å². The Hall–Kier alpha value is -4.60. The number of hydrazine groups is 1. The van der Waals surface area contributed by atoms with Crippen LogP contribution in [0.2, 0.25) is 0 Å². The normalized spacial score (nSPS) is 17.3. The number of nitrogens with zero attached hydrogens (tertiary/aromatic N) is 5. The summed E-state index contributed by atoms with van der Waals surface area (Å²) in [6.07, 6.45) is 0. The first-order chi connectivity index (χ1) is 21.4. The van der Waals surface area contributed by atoms with Crippen molar-refractivity contribution in [2.45, 2.75) is 22.7 Å². The van der Waals surface area contributed by atoms with E-state index in [4.69, 9.17) is 5.73 Å². The standard InChI is InChI=1S/C24H23N9O8S4/c1-9-28-31-24(45-9)44-7-11-6-42-20-16(19(38)33(20)17(11)21(39)40)27-15(36)5-32(14-8-43-22(25)26-14)23(41)30-29-18(37)10-2-3-12(34)13(35)4-10/h2-4,8,16,20,34-35H,5-7H2,1H3,(H2,25,26)(H,27,36)(H,29,37)(H,30,41)(H,39,40). The highest BCUT2D eigenvalue weighted by Gasteiger charge is 2.54. The molecule has 2 unspecified atom stereocenters. The fourth-order valence-electron chi connectivity index (χ4n) is 4.22. The third-order valence-electron chi connectivity index (χ3n) is 6.30. The number of thioether (sulfide) groups is 2. The van der Waals surface area contributed by atoms with E-state index in [9.17, 15) is 39.3 Å². The van der Waals surface area contributed by atoms with E-state index in [1.54, 1.807) is 6.92 Å². The first-order valence-electron chi connectivity index (χ1n) is 12.7. The van der Waals surface area contributed by atoms with E-state index in [1.165, 1.54) is 46.3 Å². The fraction of sp³-hybridized carbons (Fsp3) is 0.250. The Kier molecular flexibility index (Phi) is 9.32. The number of rotatable bonds is 9. The Bertz CT molecular complexity index is 1730. The second-order valence-electron chi connectivity index (χ2n) is 9.31. The molecule has 2 aliphatic heterocycles. The van der Waals surface area contributed by atoms with Crippen LogP contribution in [0.4, 0.5) is 15.7 Å². The number of aromatic hydroxyl groups is 2. The van der Waals surface area contributed by atoms with Gasteiger partial charge in [-0.15, -0.1) is 33.3 Å². The molecule has 45 heavy (non-hydrogen) atoms. The van der Waals surface area contributed by atoms with Crippen LogP contribution in [0.3, 0.4) is 0 Å². The molecular weight excluding hydrogens is 671 g/mol. The molecule has 0 aliphatic carbocycles. The molecule has 1 aromatic carbocycles. The van der Waals surface area contributed by atoms with E-state index in [-0.39, 0.29) is 22.2 Å². The Balaban J connectivity index is 1.23. The minimum atomic E-state index is -1.27. The zero-order valence-electron chi connectivity index (χ0n) is 22.9. The molecule has 1 saturated heterocycles. The first kappa shape index (κ1) is 31.8. The number of nitrogens with two attached hydrogens (primary N) is 1. The maximum atomic E-state index is 13.1. The molecule has 2 aromatic heterocycles. The molecule has 0 radical (unpaired) electrons. The van der Waals surface area contributed by atoms with Crippen molar-refractivity contribution < 1.29 is 39.3 Å². The number of benzene rings is 1. The number of phenols is 2. The molecule has 4 heterocycles. The Morgan fingerprint density at radius 1 is 1.18 bits per heavy atom. The summed E-state index contributed by atoms with van der Waals surface area (Å²) < 4.78 is 0.673. The molecule has 5 amide bonds. The van der Waals surface area contributed by atoms with Gasteiger partial charge in [0.1, 0.15) is 28.7 Å². The average molecular weight is 694 g/mol. The van der Waals surface area contributed by atoms with E-state index >= 15 is 0 Å². The number of aromatic nitrogens is 3. The van der Waals surface area contributed by atoms with Crippen molar-refractivity contribution in [2.24, 2.45) is 0 Å². The van der Waals surface area contributed by atoms with Crippen molar-refractivity contribution in [1.82, 2.24) is 36.2 Å². The number of aliphatic carboxylic acids is 1. The summed E-state index contributed by atoms with van der Waals surface area (Å²) >= 11 is 4.98. The van der Waals surface area contributed by atoms with Crippen molar-refractivity contribution >= 4 is 86.9 Å². The summed E-state index contributed by atoms with van der Waals surface area (Å²) in [6.45, 7) is 1.16. The van der Waals surface area contributed by atoms with Gasteiger partial charge in [-0.2, -0.15) is 0 Å². The maximum absolute atomic E-state index is 13.1. The number of β-lactam (4-membered cyclic amide) rings is 1. The molecule has 3 aromatic rings. The number of hydrogen-bond acceptors (Lipinski definition) is 15. The third kappa shape index (κ3) is 6.90. The van der Waals surface area contributed by atoms with Crippen LogP contribution in [0.25, 0.3) is 0 Å². The lowest BCUT2D eigenvalue weighted by atomic mass is 10.0. The van der Waals surface area contributed by atoms with Gasteiger partial charge in [0.05, 0.1) is 0 Å². The average Bonchev–Trinajstić information content (AvgIpc) is 3.64. The fourth-order valence-corrected chi connectivity index (χ4v) is 8.07. The number of nitrogen functional groups attached to an aromatic ring is 1. The van der Waals surface area contributed by atoms with Crippen molar-refractivity contribution in [3.05, 3.63) is 45.4 Å². The van der Waals surface area contributed by atoms with E-state index < -0.39 is 59.2 Å². The summed E-state index contributed by atoms with van der Waals surface area (Å²) in [5.74, 6) is -3.90. The zero-order chi connectivity index (χ0) is 32.4. The largest absolute Gasteiger partial charge is 0.504 e. The van der Waals surface area contributed by atoms with Gasteiger partial charge in [0, 0.05) is 22.4 Å². The molecule has 1 fully saturated rings. The molecule has 0 spiro atoms. The van der Waals surface area contributed by atoms with E-state index in [1.807, 2.05) is 0 Å². The smallest absolute Gasteiger partial charge is 0.352 e. The van der Waals surface area contributed by atoms with E-state index in [0.717, 1.165) is 38.3 Å². The molecule has 21 heteroatoms. The number of thiazole rings is 1. The summed E-state index contributed by atoms with van der Waals surface area (Å²) in [5.41, 5.74) is 10.3. The van der Waals surface area contributed by atoms with Gasteiger partial charge in [0.25, 0.3) is 11.8 Å². The SMILES string of the molecule is Cc1nnc(SCC2=C(C(=O)O)N3C(=O)C(NC(=O)CN(C(=O)NNC(=O)c4ccc(O)c(O)c4)c4csc(N)n4)C3SC2)s1. The number of urea groups is 1. The number of hydrogen-bond donors (Lipinski definition) is 7. The van der Waals surface area contributed by atoms with Gasteiger partial charge >= 0.3 is 12.0 Å². The number of carbonyl (C=O) groups is 5. The van der Waals surface area contributed by atoms with Crippen LogP contribution in [0, 0.1) is 6.92 Å². The number of carboxylic acid groups (broad SMARTS) is 1. The van der Waals surface area contributed by atoms with Crippen LogP contribution >= 0.6 is 46.2 Å². The Morgan fingerprint density at radius 2 is 1.96 bits per heavy atom. The van der Waals surface area contributed by atoms with Gasteiger partial charge in [-0.1, -0.05) is 23.1 Å². The number of amides is 5. The number of anilines is 2. The number of aryl methyl sites for hydroxylation is 1. The molecule has 8 N–H and O–H groups in total. The lowest BCUT2D eigenvalue weighted by Crippen LogP contribution is -2.71. The predicted molar refractivity (Wildman–Crippen MR) is 165 cm³/mol. The Morgan fingerprint density at radius 3 is 2.60 bits per heavy atom.